The van der Waals surface area contributed by atoms with Crippen molar-refractivity contribution in [3.63, 3.8) is 0 Å². The quantitative estimate of drug-likeness (QED) is 0.0395. The Morgan fingerprint density at radius 1 is 0.531 bits per heavy atom. The third-order valence-electron chi connectivity index (χ3n) is 9.70. The maximum atomic E-state index is 12.5. The maximum Gasteiger partial charge on any atom is 0.306 e. The summed E-state index contributed by atoms with van der Waals surface area (Å²) in [7, 11) is 1.83. The van der Waals surface area contributed by atoms with Crippen molar-refractivity contribution in [1.29, 1.82) is 0 Å². The summed E-state index contributed by atoms with van der Waals surface area (Å²) in [5.41, 5.74) is 0. The van der Waals surface area contributed by atoms with Gasteiger partial charge in [0.25, 0.3) is 0 Å². The van der Waals surface area contributed by atoms with Crippen molar-refractivity contribution in [2.45, 2.75) is 226 Å². The van der Waals surface area contributed by atoms with E-state index in [1.165, 1.54) is 154 Å². The highest BCUT2D eigenvalue weighted by atomic mass is 16.5. The molecule has 0 bridgehead atoms. The Bertz CT molecular complexity index is 631. The third-order valence-corrected chi connectivity index (χ3v) is 9.70. The monoisotopic (exact) mass is 697 g/mol. The SMILES string of the molecule is CCCCCCCCC(CCCCCCCC)OC(=O)CCCCCCCN(CCO)CCCCCC.CCCCCCCCN(C)C=O. The van der Waals surface area contributed by atoms with Crippen molar-refractivity contribution in [3.05, 3.63) is 0 Å². The molecule has 0 aromatic rings. The van der Waals surface area contributed by atoms with Gasteiger partial charge in [0.05, 0.1) is 6.61 Å². The summed E-state index contributed by atoms with van der Waals surface area (Å²) in [4.78, 5) is 26.9. The Balaban J connectivity index is 0. The summed E-state index contributed by atoms with van der Waals surface area (Å²) in [6.45, 7) is 13.2. The van der Waals surface area contributed by atoms with Crippen LogP contribution in [0.15, 0.2) is 0 Å². The van der Waals surface area contributed by atoms with E-state index in [0.29, 0.717) is 6.42 Å². The highest BCUT2D eigenvalue weighted by molar-refractivity contribution is 5.69. The van der Waals surface area contributed by atoms with Crippen LogP contribution >= 0.6 is 0 Å². The molecule has 0 heterocycles. The van der Waals surface area contributed by atoms with Crippen molar-refractivity contribution in [2.24, 2.45) is 0 Å². The Hall–Kier alpha value is -1.14. The van der Waals surface area contributed by atoms with E-state index in [1.54, 1.807) is 4.90 Å². The molecule has 0 unspecified atom stereocenters. The topological polar surface area (TPSA) is 70.1 Å². The van der Waals surface area contributed by atoms with Gasteiger partial charge in [0.2, 0.25) is 6.41 Å². The zero-order valence-electron chi connectivity index (χ0n) is 34.0. The summed E-state index contributed by atoms with van der Waals surface area (Å²) >= 11 is 0. The lowest BCUT2D eigenvalue weighted by atomic mass is 10.0. The van der Waals surface area contributed by atoms with Crippen molar-refractivity contribution >= 4 is 12.4 Å². The van der Waals surface area contributed by atoms with Crippen molar-refractivity contribution in [1.82, 2.24) is 9.80 Å². The average Bonchev–Trinajstić information content (AvgIpc) is 3.10. The van der Waals surface area contributed by atoms with Gasteiger partial charge in [-0.2, -0.15) is 0 Å². The van der Waals surface area contributed by atoms with Crippen LogP contribution in [-0.4, -0.2) is 73.2 Å². The van der Waals surface area contributed by atoms with E-state index >= 15 is 0 Å². The van der Waals surface area contributed by atoms with Crippen LogP contribution in [0.1, 0.15) is 220 Å². The van der Waals surface area contributed by atoms with Gasteiger partial charge in [-0.1, -0.05) is 163 Å². The van der Waals surface area contributed by atoms with E-state index in [4.69, 9.17) is 4.74 Å². The number of aliphatic hydroxyl groups excluding tert-OH is 1. The minimum Gasteiger partial charge on any atom is -0.462 e. The minimum absolute atomic E-state index is 0.0307. The first kappa shape index (κ1) is 50.0. The van der Waals surface area contributed by atoms with E-state index < -0.39 is 0 Å². The first-order chi connectivity index (χ1) is 24.0. The van der Waals surface area contributed by atoms with Crippen LogP contribution in [0.2, 0.25) is 0 Å². The third kappa shape index (κ3) is 41.2. The Morgan fingerprint density at radius 3 is 1.33 bits per heavy atom. The molecule has 0 aliphatic carbocycles. The van der Waals surface area contributed by atoms with E-state index in [2.05, 4.69) is 32.6 Å². The number of hydrogen-bond acceptors (Lipinski definition) is 5. The standard InChI is InChI=1S/C33H67NO3.C10H21NO/c1-4-7-10-13-16-20-25-32(26-21-17-14-11-8-5-2)37-33(36)27-22-18-15-19-24-29-34(30-31-35)28-23-12-9-6-3;1-3-4-5-6-7-8-9-11(2)10-12/h32,35H,4-31H2,1-3H3;10H,3-9H2,1-2H3. The molecule has 0 spiro atoms. The van der Waals surface area contributed by atoms with Gasteiger partial charge < -0.3 is 19.6 Å². The Labute approximate surface area is 307 Å². The number of unbranched alkanes of at least 4 members (excludes halogenated alkanes) is 22. The molecule has 1 N–H and O–H groups in total. The first-order valence-electron chi connectivity index (χ1n) is 21.7. The van der Waals surface area contributed by atoms with E-state index in [-0.39, 0.29) is 18.7 Å². The highest BCUT2D eigenvalue weighted by Gasteiger charge is 2.14. The molecular formula is C43H88N2O4. The summed E-state index contributed by atoms with van der Waals surface area (Å²) in [6.07, 6.45) is 37.8. The molecule has 0 aromatic heterocycles. The fraction of sp³-hybridized carbons (Fsp3) is 0.953. The number of ether oxygens (including phenoxy) is 1. The van der Waals surface area contributed by atoms with Crippen molar-refractivity contribution < 1.29 is 19.4 Å². The zero-order valence-corrected chi connectivity index (χ0v) is 34.0. The molecule has 0 atom stereocenters. The van der Waals surface area contributed by atoms with Gasteiger partial charge in [-0.25, -0.2) is 0 Å². The number of rotatable bonds is 38. The van der Waals surface area contributed by atoms with Crippen LogP contribution in [0, 0.1) is 0 Å². The lowest BCUT2D eigenvalue weighted by molar-refractivity contribution is -0.150. The first-order valence-corrected chi connectivity index (χ1v) is 21.7. The number of carbonyl (C=O) groups is 2. The molecule has 0 aliphatic rings. The minimum atomic E-state index is 0.0307. The molecule has 0 saturated heterocycles. The molecule has 6 heteroatoms. The van der Waals surface area contributed by atoms with Gasteiger partial charge in [0, 0.05) is 26.6 Å². The lowest BCUT2D eigenvalue weighted by Gasteiger charge is -2.21. The molecule has 0 aromatic carbocycles. The van der Waals surface area contributed by atoms with Crippen LogP contribution in [0.25, 0.3) is 0 Å². The van der Waals surface area contributed by atoms with Gasteiger partial charge in [-0.3, -0.25) is 9.59 Å². The molecule has 0 rings (SSSR count). The van der Waals surface area contributed by atoms with E-state index in [1.807, 2.05) is 7.05 Å². The van der Waals surface area contributed by atoms with Crippen LogP contribution in [0.4, 0.5) is 0 Å². The number of carbonyl (C=O) groups excluding carboxylic acids is 2. The normalized spacial score (nSPS) is 11.2. The number of hydrogen-bond donors (Lipinski definition) is 1. The van der Waals surface area contributed by atoms with Gasteiger partial charge in [-0.15, -0.1) is 0 Å². The predicted octanol–water partition coefficient (Wildman–Crippen LogP) is 12.0. The van der Waals surface area contributed by atoms with Gasteiger partial charge in [0.1, 0.15) is 6.10 Å². The number of nitrogens with zero attached hydrogens (tertiary/aromatic N) is 2. The van der Waals surface area contributed by atoms with E-state index in [0.717, 1.165) is 64.7 Å². The van der Waals surface area contributed by atoms with Crippen molar-refractivity contribution in [3.8, 4) is 0 Å². The van der Waals surface area contributed by atoms with Crippen LogP contribution < -0.4 is 0 Å². The molecule has 1 amide bonds. The number of amides is 1. The average molecular weight is 697 g/mol. The second-order valence-corrected chi connectivity index (χ2v) is 14.7. The summed E-state index contributed by atoms with van der Waals surface area (Å²) in [6, 6.07) is 0. The van der Waals surface area contributed by atoms with Crippen LogP contribution in [0.5, 0.6) is 0 Å². The summed E-state index contributed by atoms with van der Waals surface area (Å²) in [5.74, 6) is 0.0307. The molecule has 0 fully saturated rings. The highest BCUT2D eigenvalue weighted by Crippen LogP contribution is 2.18. The predicted molar refractivity (Wildman–Crippen MR) is 213 cm³/mol. The second kappa shape index (κ2) is 43.0. The maximum absolute atomic E-state index is 12.5. The van der Waals surface area contributed by atoms with Gasteiger partial charge in [0.15, 0.2) is 0 Å². The molecular weight excluding hydrogens is 608 g/mol. The fourth-order valence-electron chi connectivity index (χ4n) is 6.38. The number of esters is 1. The smallest absolute Gasteiger partial charge is 0.306 e. The fourth-order valence-corrected chi connectivity index (χ4v) is 6.38. The van der Waals surface area contributed by atoms with E-state index in [9.17, 15) is 14.7 Å². The van der Waals surface area contributed by atoms with Crippen LogP contribution in [-0.2, 0) is 14.3 Å². The molecule has 0 saturated carbocycles. The van der Waals surface area contributed by atoms with Gasteiger partial charge >= 0.3 is 5.97 Å². The second-order valence-electron chi connectivity index (χ2n) is 14.7. The largest absolute Gasteiger partial charge is 0.462 e. The molecule has 6 nitrogen and oxygen atoms in total. The lowest BCUT2D eigenvalue weighted by Crippen LogP contribution is -2.29. The Kier molecular flexibility index (Phi) is 43.9. The molecule has 0 radical (unpaired) electrons. The number of aliphatic hydroxyl groups is 1. The van der Waals surface area contributed by atoms with Gasteiger partial charge in [-0.05, 0) is 64.5 Å². The summed E-state index contributed by atoms with van der Waals surface area (Å²) in [5, 5.41) is 9.32. The molecule has 49 heavy (non-hydrogen) atoms. The molecule has 0 aliphatic heterocycles. The Morgan fingerprint density at radius 2 is 0.898 bits per heavy atom. The summed E-state index contributed by atoms with van der Waals surface area (Å²) < 4.78 is 5.98. The molecule has 294 valence electrons. The van der Waals surface area contributed by atoms with Crippen LogP contribution in [0.3, 0.4) is 0 Å². The zero-order chi connectivity index (χ0) is 36.5. The van der Waals surface area contributed by atoms with Crippen molar-refractivity contribution in [2.75, 3.05) is 39.8 Å².